The highest BCUT2D eigenvalue weighted by Crippen LogP contribution is 2.37. The number of aromatic nitrogens is 2. The number of hydrogen-bond acceptors (Lipinski definition) is 6. The fraction of sp³-hybridized carbons (Fsp3) is 0.571. The van der Waals surface area contributed by atoms with E-state index < -0.39 is 0 Å². The summed E-state index contributed by atoms with van der Waals surface area (Å²) in [7, 11) is 0. The smallest absolute Gasteiger partial charge is 0.261 e. The maximum Gasteiger partial charge on any atom is 0.261 e. The maximum absolute atomic E-state index is 6.03. The first kappa shape index (κ1) is 15.0. The molecule has 0 spiro atoms. The van der Waals surface area contributed by atoms with Gasteiger partial charge in [-0.2, -0.15) is 4.98 Å². The summed E-state index contributed by atoms with van der Waals surface area (Å²) in [4.78, 5) is 8.01. The van der Waals surface area contributed by atoms with Crippen LogP contribution < -0.4 is 5.73 Å². The van der Waals surface area contributed by atoms with Gasteiger partial charge in [-0.25, -0.2) is 0 Å². The third-order valence-corrected chi connectivity index (χ3v) is 4.68. The molecule has 0 amide bonds. The lowest BCUT2D eigenvalue weighted by Gasteiger charge is -2.16. The van der Waals surface area contributed by atoms with Crippen molar-refractivity contribution in [3.8, 4) is 11.5 Å². The first-order chi connectivity index (χ1) is 9.56. The normalized spacial score (nSPS) is 11.4. The van der Waals surface area contributed by atoms with E-state index in [2.05, 4.69) is 35.8 Å². The highest BCUT2D eigenvalue weighted by atomic mass is 32.1. The lowest BCUT2D eigenvalue weighted by molar-refractivity contribution is 0.303. The lowest BCUT2D eigenvalue weighted by atomic mass is 10.1. The van der Waals surface area contributed by atoms with Gasteiger partial charge in [-0.1, -0.05) is 19.0 Å². The van der Waals surface area contributed by atoms with E-state index in [0.717, 1.165) is 48.0 Å². The van der Waals surface area contributed by atoms with E-state index in [0.29, 0.717) is 5.89 Å². The molecule has 2 rings (SSSR count). The topological polar surface area (TPSA) is 68.2 Å². The van der Waals surface area contributed by atoms with Crippen molar-refractivity contribution in [1.82, 2.24) is 15.0 Å². The summed E-state index contributed by atoms with van der Waals surface area (Å²) in [6, 6.07) is 0. The first-order valence-electron chi connectivity index (χ1n) is 6.97. The Morgan fingerprint density at radius 1 is 1.25 bits per heavy atom. The summed E-state index contributed by atoms with van der Waals surface area (Å²) in [5, 5.41) is 4.81. The maximum atomic E-state index is 6.03. The Bertz CT molecular complexity index is 572. The fourth-order valence-electron chi connectivity index (χ4n) is 2.17. The van der Waals surface area contributed by atoms with Gasteiger partial charge < -0.3 is 15.2 Å². The van der Waals surface area contributed by atoms with Gasteiger partial charge in [0.2, 0.25) is 0 Å². The molecule has 0 aliphatic rings. The lowest BCUT2D eigenvalue weighted by Crippen LogP contribution is -2.25. The molecule has 110 valence electrons. The van der Waals surface area contributed by atoms with Crippen LogP contribution in [-0.2, 0) is 6.42 Å². The van der Waals surface area contributed by atoms with Crippen molar-refractivity contribution in [3.05, 3.63) is 16.3 Å². The average Bonchev–Trinajstić information content (AvgIpc) is 2.97. The number of nitrogens with two attached hydrogens (primary N) is 1. The number of likely N-dealkylation sites (N-methyl/N-ethyl adjacent to an activating group) is 1. The molecule has 0 aliphatic carbocycles. The van der Waals surface area contributed by atoms with Crippen molar-refractivity contribution < 1.29 is 4.52 Å². The van der Waals surface area contributed by atoms with Gasteiger partial charge in [0.15, 0.2) is 5.82 Å². The van der Waals surface area contributed by atoms with Crippen LogP contribution in [0.3, 0.4) is 0 Å². The zero-order chi connectivity index (χ0) is 14.7. The minimum absolute atomic E-state index is 0.541. The molecule has 0 radical (unpaired) electrons. The molecule has 0 atom stereocenters. The third-order valence-electron chi connectivity index (χ3n) is 3.64. The number of hydrogen-bond donors (Lipinski definition) is 1. The summed E-state index contributed by atoms with van der Waals surface area (Å²) in [5.41, 5.74) is 8.06. The molecule has 2 aromatic rings. The van der Waals surface area contributed by atoms with Crippen LogP contribution in [-0.4, -0.2) is 34.7 Å². The van der Waals surface area contributed by atoms with Gasteiger partial charge in [0.05, 0.1) is 10.6 Å². The SMILES string of the molecule is CCN(CC)CCc1noc(-c2c(N)sc(C)c2C)n1. The van der Waals surface area contributed by atoms with Crippen molar-refractivity contribution in [3.63, 3.8) is 0 Å². The Morgan fingerprint density at radius 3 is 2.50 bits per heavy atom. The molecule has 2 aromatic heterocycles. The van der Waals surface area contributed by atoms with Gasteiger partial charge >= 0.3 is 0 Å². The minimum atomic E-state index is 0.541. The molecular formula is C14H22N4OS. The Kier molecular flexibility index (Phi) is 4.77. The zero-order valence-corrected chi connectivity index (χ0v) is 13.4. The van der Waals surface area contributed by atoms with Crippen LogP contribution in [0.4, 0.5) is 5.00 Å². The second-order valence-corrected chi connectivity index (χ2v) is 6.07. The summed E-state index contributed by atoms with van der Waals surface area (Å²) in [6.07, 6.45) is 0.799. The fourth-order valence-corrected chi connectivity index (χ4v) is 3.10. The Hall–Kier alpha value is -1.40. The van der Waals surface area contributed by atoms with Crippen LogP contribution in [0, 0.1) is 13.8 Å². The van der Waals surface area contributed by atoms with E-state index in [1.807, 2.05) is 6.92 Å². The van der Waals surface area contributed by atoms with Crippen molar-refractivity contribution in [2.24, 2.45) is 0 Å². The summed E-state index contributed by atoms with van der Waals surface area (Å²) < 4.78 is 5.37. The Morgan fingerprint density at radius 2 is 1.95 bits per heavy atom. The first-order valence-corrected chi connectivity index (χ1v) is 7.79. The molecule has 0 bridgehead atoms. The van der Waals surface area contributed by atoms with E-state index >= 15 is 0 Å². The molecule has 0 saturated carbocycles. The van der Waals surface area contributed by atoms with E-state index in [4.69, 9.17) is 10.3 Å². The van der Waals surface area contributed by atoms with Gasteiger partial charge in [-0.15, -0.1) is 11.3 Å². The highest BCUT2D eigenvalue weighted by molar-refractivity contribution is 7.16. The molecule has 0 aromatic carbocycles. The molecule has 2 heterocycles. The van der Waals surface area contributed by atoms with Crippen LogP contribution >= 0.6 is 11.3 Å². The molecule has 0 unspecified atom stereocenters. The van der Waals surface area contributed by atoms with Crippen LogP contribution in [0.25, 0.3) is 11.5 Å². The number of nitrogens with zero attached hydrogens (tertiary/aromatic N) is 3. The van der Waals surface area contributed by atoms with Crippen molar-refractivity contribution in [2.75, 3.05) is 25.4 Å². The van der Waals surface area contributed by atoms with E-state index in [9.17, 15) is 0 Å². The van der Waals surface area contributed by atoms with Crippen LogP contribution in [0.2, 0.25) is 0 Å². The number of rotatable bonds is 6. The minimum Gasteiger partial charge on any atom is -0.390 e. The number of nitrogen functional groups attached to an aromatic ring is 1. The van der Waals surface area contributed by atoms with Crippen LogP contribution in [0.15, 0.2) is 4.52 Å². The molecule has 20 heavy (non-hydrogen) atoms. The monoisotopic (exact) mass is 294 g/mol. The van der Waals surface area contributed by atoms with Gasteiger partial charge in [0, 0.05) is 17.8 Å². The van der Waals surface area contributed by atoms with E-state index in [1.54, 1.807) is 11.3 Å². The molecule has 2 N–H and O–H groups in total. The molecule has 0 saturated heterocycles. The number of aryl methyl sites for hydroxylation is 1. The predicted molar refractivity (Wildman–Crippen MR) is 83.0 cm³/mol. The predicted octanol–water partition coefficient (Wildman–Crippen LogP) is 2.88. The molecule has 6 heteroatoms. The van der Waals surface area contributed by atoms with Gasteiger partial charge in [-0.3, -0.25) is 0 Å². The standard InChI is InChI=1S/C14H22N4OS/c1-5-18(6-2)8-7-11-16-14(19-17-11)12-9(3)10(4)20-13(12)15/h5-8,15H2,1-4H3. The van der Waals surface area contributed by atoms with Crippen molar-refractivity contribution in [2.45, 2.75) is 34.1 Å². The molecule has 0 fully saturated rings. The molecule has 5 nitrogen and oxygen atoms in total. The second kappa shape index (κ2) is 6.37. The van der Waals surface area contributed by atoms with Crippen molar-refractivity contribution in [1.29, 1.82) is 0 Å². The molecule has 0 aliphatic heterocycles. The van der Waals surface area contributed by atoms with Gasteiger partial charge in [0.25, 0.3) is 5.89 Å². The highest BCUT2D eigenvalue weighted by Gasteiger charge is 2.18. The quantitative estimate of drug-likeness (QED) is 0.887. The largest absolute Gasteiger partial charge is 0.390 e. The van der Waals surface area contributed by atoms with Gasteiger partial charge in [-0.05, 0) is 32.5 Å². The van der Waals surface area contributed by atoms with E-state index in [1.165, 1.54) is 4.88 Å². The third kappa shape index (κ3) is 3.02. The van der Waals surface area contributed by atoms with Gasteiger partial charge in [0.1, 0.15) is 0 Å². The number of anilines is 1. The summed E-state index contributed by atoms with van der Waals surface area (Å²) >= 11 is 1.57. The zero-order valence-electron chi connectivity index (χ0n) is 12.6. The second-order valence-electron chi connectivity index (χ2n) is 4.82. The Balaban J connectivity index is 2.13. The van der Waals surface area contributed by atoms with E-state index in [-0.39, 0.29) is 0 Å². The van der Waals surface area contributed by atoms with Crippen LogP contribution in [0.1, 0.15) is 30.1 Å². The number of thiophene rings is 1. The Labute approximate surface area is 123 Å². The van der Waals surface area contributed by atoms with Crippen molar-refractivity contribution >= 4 is 16.3 Å². The summed E-state index contributed by atoms with van der Waals surface area (Å²) in [5.74, 6) is 1.29. The summed E-state index contributed by atoms with van der Waals surface area (Å²) in [6.45, 7) is 11.4. The molecular weight excluding hydrogens is 272 g/mol. The average molecular weight is 294 g/mol. The van der Waals surface area contributed by atoms with Crippen LogP contribution in [0.5, 0.6) is 0 Å².